The van der Waals surface area contributed by atoms with Crippen LogP contribution in [0.3, 0.4) is 0 Å². The number of carbonyl (C=O) groups excluding carboxylic acids is 2. The summed E-state index contributed by atoms with van der Waals surface area (Å²) in [7, 11) is 1.54. The molecule has 0 fully saturated rings. The Morgan fingerprint density at radius 1 is 1.38 bits per heavy atom. The van der Waals surface area contributed by atoms with E-state index in [2.05, 4.69) is 26.6 Å². The highest BCUT2D eigenvalue weighted by molar-refractivity contribution is 9.10. The Labute approximate surface area is 149 Å². The molecule has 1 heterocycles. The predicted molar refractivity (Wildman–Crippen MR) is 93.6 cm³/mol. The molecule has 130 valence electrons. The van der Waals surface area contributed by atoms with E-state index in [9.17, 15) is 9.59 Å². The van der Waals surface area contributed by atoms with Crippen LogP contribution in [0.5, 0.6) is 5.75 Å². The van der Waals surface area contributed by atoms with Gasteiger partial charge in [-0.1, -0.05) is 29.8 Å². The average Bonchev–Trinajstić information content (AvgIpc) is 2.51. The van der Waals surface area contributed by atoms with Crippen LogP contribution in [0.25, 0.3) is 0 Å². The standard InChI is InChI=1S/C17H21BrN2O4/c1-9(2)8-24-16(21)14-10(3)19-17(22)20-15(14)12-7-11(18)5-6-13(12)23-4/h5-7,9,15H,8H2,1-4H3,(H2,19,20,22). The van der Waals surface area contributed by atoms with Crippen molar-refractivity contribution in [2.75, 3.05) is 13.7 Å². The fourth-order valence-corrected chi connectivity index (χ4v) is 2.83. The smallest absolute Gasteiger partial charge is 0.338 e. The van der Waals surface area contributed by atoms with Gasteiger partial charge < -0.3 is 20.1 Å². The Morgan fingerprint density at radius 2 is 2.08 bits per heavy atom. The van der Waals surface area contributed by atoms with Crippen LogP contribution in [0.15, 0.2) is 33.9 Å². The number of nitrogens with one attached hydrogen (secondary N) is 2. The number of allylic oxidation sites excluding steroid dienone is 1. The lowest BCUT2D eigenvalue weighted by molar-refractivity contribution is -0.140. The van der Waals surface area contributed by atoms with Gasteiger partial charge in [-0.3, -0.25) is 0 Å². The van der Waals surface area contributed by atoms with Crippen LogP contribution < -0.4 is 15.4 Å². The van der Waals surface area contributed by atoms with E-state index in [1.807, 2.05) is 26.0 Å². The lowest BCUT2D eigenvalue weighted by Crippen LogP contribution is -2.45. The summed E-state index contributed by atoms with van der Waals surface area (Å²) in [6.07, 6.45) is 0. The number of ether oxygens (including phenoxy) is 2. The van der Waals surface area contributed by atoms with Crippen molar-refractivity contribution in [3.63, 3.8) is 0 Å². The zero-order chi connectivity index (χ0) is 17.9. The topological polar surface area (TPSA) is 76.7 Å². The number of esters is 1. The summed E-state index contributed by atoms with van der Waals surface area (Å²) in [4.78, 5) is 24.5. The molecule has 0 saturated carbocycles. The first-order valence-corrected chi connectivity index (χ1v) is 8.41. The molecule has 0 saturated heterocycles. The monoisotopic (exact) mass is 396 g/mol. The van der Waals surface area contributed by atoms with Crippen molar-refractivity contribution in [2.24, 2.45) is 5.92 Å². The number of hydrogen-bond acceptors (Lipinski definition) is 4. The van der Waals surface area contributed by atoms with E-state index >= 15 is 0 Å². The van der Waals surface area contributed by atoms with E-state index in [-0.39, 0.29) is 11.9 Å². The zero-order valence-electron chi connectivity index (χ0n) is 14.1. The van der Waals surface area contributed by atoms with Crippen molar-refractivity contribution in [3.05, 3.63) is 39.5 Å². The highest BCUT2D eigenvalue weighted by atomic mass is 79.9. The molecule has 1 aliphatic heterocycles. The molecule has 0 bridgehead atoms. The summed E-state index contributed by atoms with van der Waals surface area (Å²) in [6, 6.07) is 4.40. The van der Waals surface area contributed by atoms with E-state index in [4.69, 9.17) is 9.47 Å². The predicted octanol–water partition coefficient (Wildman–Crippen LogP) is 3.28. The van der Waals surface area contributed by atoms with Crippen molar-refractivity contribution in [3.8, 4) is 5.75 Å². The van der Waals surface area contributed by atoms with Crippen LogP contribution >= 0.6 is 15.9 Å². The van der Waals surface area contributed by atoms with Crippen LogP contribution in [0, 0.1) is 5.92 Å². The van der Waals surface area contributed by atoms with Crippen LogP contribution in [-0.4, -0.2) is 25.7 Å². The summed E-state index contributed by atoms with van der Waals surface area (Å²) in [5.41, 5.74) is 1.52. The van der Waals surface area contributed by atoms with Gasteiger partial charge >= 0.3 is 12.0 Å². The Morgan fingerprint density at radius 3 is 2.71 bits per heavy atom. The van der Waals surface area contributed by atoms with E-state index in [1.165, 1.54) is 0 Å². The van der Waals surface area contributed by atoms with Gasteiger partial charge in [-0.05, 0) is 31.0 Å². The number of carbonyl (C=O) groups is 2. The van der Waals surface area contributed by atoms with Gasteiger partial charge in [0.15, 0.2) is 0 Å². The minimum atomic E-state index is -0.647. The number of benzene rings is 1. The van der Waals surface area contributed by atoms with Gasteiger partial charge in [0.2, 0.25) is 0 Å². The summed E-state index contributed by atoms with van der Waals surface area (Å²) in [5.74, 6) is 0.341. The lowest BCUT2D eigenvalue weighted by Gasteiger charge is -2.29. The third-order valence-electron chi connectivity index (χ3n) is 3.54. The maximum Gasteiger partial charge on any atom is 0.338 e. The number of hydrogen-bond donors (Lipinski definition) is 2. The molecule has 2 N–H and O–H groups in total. The molecule has 1 aliphatic rings. The molecule has 1 atom stereocenters. The molecular weight excluding hydrogens is 376 g/mol. The second-order valence-corrected chi connectivity index (χ2v) is 6.86. The van der Waals surface area contributed by atoms with Crippen molar-refractivity contribution in [2.45, 2.75) is 26.8 Å². The molecule has 7 heteroatoms. The summed E-state index contributed by atoms with van der Waals surface area (Å²) in [5, 5.41) is 5.40. The molecule has 1 aromatic carbocycles. The van der Waals surface area contributed by atoms with E-state index in [0.29, 0.717) is 29.2 Å². The van der Waals surface area contributed by atoms with Crippen LogP contribution in [0.1, 0.15) is 32.4 Å². The van der Waals surface area contributed by atoms with E-state index in [1.54, 1.807) is 20.1 Å². The van der Waals surface area contributed by atoms with Gasteiger partial charge in [0.05, 0.1) is 25.3 Å². The van der Waals surface area contributed by atoms with Gasteiger partial charge in [0, 0.05) is 15.7 Å². The quantitative estimate of drug-likeness (QED) is 0.748. The number of rotatable bonds is 5. The zero-order valence-corrected chi connectivity index (χ0v) is 15.7. The van der Waals surface area contributed by atoms with Gasteiger partial charge in [-0.2, -0.15) is 0 Å². The minimum absolute atomic E-state index is 0.222. The first kappa shape index (κ1) is 18.3. The maximum atomic E-state index is 12.6. The molecule has 1 unspecified atom stereocenters. The van der Waals surface area contributed by atoms with Gasteiger partial charge in [-0.15, -0.1) is 0 Å². The molecule has 1 aromatic rings. The first-order chi connectivity index (χ1) is 11.3. The van der Waals surface area contributed by atoms with Gasteiger partial charge in [-0.25, -0.2) is 9.59 Å². The molecule has 2 rings (SSSR count). The largest absolute Gasteiger partial charge is 0.496 e. The normalized spacial score (nSPS) is 17.4. The van der Waals surface area contributed by atoms with Gasteiger partial charge in [0.1, 0.15) is 5.75 Å². The second kappa shape index (κ2) is 7.70. The van der Waals surface area contributed by atoms with Crippen LogP contribution in [0.2, 0.25) is 0 Å². The summed E-state index contributed by atoms with van der Waals surface area (Å²) >= 11 is 3.41. The highest BCUT2D eigenvalue weighted by Gasteiger charge is 2.34. The number of halogens is 1. The Hall–Kier alpha value is -2.02. The van der Waals surface area contributed by atoms with Gasteiger partial charge in [0.25, 0.3) is 0 Å². The highest BCUT2D eigenvalue weighted by Crippen LogP contribution is 2.35. The van der Waals surface area contributed by atoms with E-state index in [0.717, 1.165) is 4.47 Å². The molecule has 0 aromatic heterocycles. The second-order valence-electron chi connectivity index (χ2n) is 5.95. The van der Waals surface area contributed by atoms with Crippen molar-refractivity contribution < 1.29 is 19.1 Å². The Balaban J connectivity index is 2.45. The van der Waals surface area contributed by atoms with E-state index < -0.39 is 12.0 Å². The molecule has 0 aliphatic carbocycles. The Bertz CT molecular complexity index is 685. The van der Waals surface area contributed by atoms with Crippen molar-refractivity contribution in [1.29, 1.82) is 0 Å². The average molecular weight is 397 g/mol. The molecule has 24 heavy (non-hydrogen) atoms. The third-order valence-corrected chi connectivity index (χ3v) is 4.03. The van der Waals surface area contributed by atoms with Crippen LogP contribution in [0.4, 0.5) is 4.79 Å². The molecule has 0 radical (unpaired) electrons. The molecule has 2 amide bonds. The first-order valence-electron chi connectivity index (χ1n) is 7.62. The van der Waals surface area contributed by atoms with Crippen molar-refractivity contribution in [1.82, 2.24) is 10.6 Å². The fraction of sp³-hybridized carbons (Fsp3) is 0.412. The minimum Gasteiger partial charge on any atom is -0.496 e. The third kappa shape index (κ3) is 4.08. The molecule has 0 spiro atoms. The molecular formula is C17H21BrN2O4. The fourth-order valence-electron chi connectivity index (χ4n) is 2.45. The lowest BCUT2D eigenvalue weighted by atomic mass is 9.95. The Kier molecular flexibility index (Phi) is 5.88. The summed E-state index contributed by atoms with van der Waals surface area (Å²) < 4.78 is 11.6. The van der Waals surface area contributed by atoms with Crippen LogP contribution in [-0.2, 0) is 9.53 Å². The molecule has 6 nitrogen and oxygen atoms in total. The summed E-state index contributed by atoms with van der Waals surface area (Å²) in [6.45, 7) is 5.92. The number of methoxy groups -OCH3 is 1. The SMILES string of the molecule is COc1ccc(Br)cc1C1NC(=O)NC(C)=C1C(=O)OCC(C)C. The van der Waals surface area contributed by atoms with Crippen molar-refractivity contribution >= 4 is 27.9 Å². The number of amides is 2. The maximum absolute atomic E-state index is 12.6. The number of urea groups is 1.